The van der Waals surface area contributed by atoms with Gasteiger partial charge in [-0.15, -0.1) is 0 Å². The second-order valence-electron chi connectivity index (χ2n) is 5.27. The highest BCUT2D eigenvalue weighted by Gasteiger charge is 2.05. The summed E-state index contributed by atoms with van der Waals surface area (Å²) in [6.07, 6.45) is 3.11. The third-order valence-corrected chi connectivity index (χ3v) is 3.85. The number of para-hydroxylation sites is 1. The van der Waals surface area contributed by atoms with Crippen LogP contribution >= 0.6 is 12.2 Å². The van der Waals surface area contributed by atoms with Gasteiger partial charge in [0, 0.05) is 17.3 Å². The highest BCUT2D eigenvalue weighted by Crippen LogP contribution is 2.19. The predicted octanol–water partition coefficient (Wildman–Crippen LogP) is 3.84. The Morgan fingerprint density at radius 3 is 2.62 bits per heavy atom. The second kappa shape index (κ2) is 8.26. The molecule has 0 saturated carbocycles. The van der Waals surface area contributed by atoms with E-state index in [4.69, 9.17) is 17.0 Å². The zero-order chi connectivity index (χ0) is 17.5. The summed E-state index contributed by atoms with van der Waals surface area (Å²) in [5.74, 6) is 0.404. The molecule has 0 aromatic heterocycles. The zero-order valence-electron chi connectivity index (χ0n) is 13.9. The molecule has 0 bridgehead atoms. The molecule has 0 saturated heterocycles. The van der Waals surface area contributed by atoms with Gasteiger partial charge >= 0.3 is 0 Å². The maximum Gasteiger partial charge on any atom is 0.250 e. The number of amides is 1. The monoisotopic (exact) mass is 340 g/mol. The van der Waals surface area contributed by atoms with Crippen LogP contribution in [0.2, 0.25) is 0 Å². The van der Waals surface area contributed by atoms with E-state index in [1.54, 1.807) is 13.2 Å². The van der Waals surface area contributed by atoms with Crippen molar-refractivity contribution in [2.75, 3.05) is 12.4 Å². The number of thiocarbonyl (C=S) groups is 1. The normalized spacial score (nSPS) is 10.5. The van der Waals surface area contributed by atoms with Gasteiger partial charge in [0.1, 0.15) is 5.75 Å². The van der Waals surface area contributed by atoms with Crippen LogP contribution in [0.1, 0.15) is 16.7 Å². The van der Waals surface area contributed by atoms with Gasteiger partial charge in [0.2, 0.25) is 5.91 Å². The van der Waals surface area contributed by atoms with E-state index in [2.05, 4.69) is 10.6 Å². The minimum atomic E-state index is -0.302. The van der Waals surface area contributed by atoms with Gasteiger partial charge in [0.25, 0.3) is 0 Å². The molecule has 2 aromatic rings. The predicted molar refractivity (Wildman–Crippen MR) is 102 cm³/mol. The molecule has 2 N–H and O–H groups in total. The SMILES string of the molecule is COc1ccccc1/C=C/C(=O)NC(=S)Nc1cccc(C)c1C. The molecule has 0 aliphatic heterocycles. The van der Waals surface area contributed by atoms with Gasteiger partial charge in [-0.2, -0.15) is 0 Å². The van der Waals surface area contributed by atoms with Crippen LogP contribution in [-0.2, 0) is 4.79 Å². The van der Waals surface area contributed by atoms with Crippen LogP contribution < -0.4 is 15.4 Å². The Morgan fingerprint density at radius 2 is 1.88 bits per heavy atom. The smallest absolute Gasteiger partial charge is 0.250 e. The second-order valence-corrected chi connectivity index (χ2v) is 5.67. The summed E-state index contributed by atoms with van der Waals surface area (Å²) in [5.41, 5.74) is 3.96. The summed E-state index contributed by atoms with van der Waals surface area (Å²) < 4.78 is 5.24. The third kappa shape index (κ3) is 4.67. The van der Waals surface area contributed by atoms with Crippen molar-refractivity contribution in [1.82, 2.24) is 5.32 Å². The molecule has 0 fully saturated rings. The molecule has 24 heavy (non-hydrogen) atoms. The molecule has 4 nitrogen and oxygen atoms in total. The minimum Gasteiger partial charge on any atom is -0.496 e. The Balaban J connectivity index is 1.98. The van der Waals surface area contributed by atoms with E-state index >= 15 is 0 Å². The average molecular weight is 340 g/mol. The third-order valence-electron chi connectivity index (χ3n) is 3.64. The van der Waals surface area contributed by atoms with Crippen LogP contribution in [0.25, 0.3) is 6.08 Å². The maximum absolute atomic E-state index is 12.0. The van der Waals surface area contributed by atoms with Gasteiger partial charge in [-0.25, -0.2) is 0 Å². The summed E-state index contributed by atoms with van der Waals surface area (Å²) in [6, 6.07) is 13.4. The molecule has 0 aliphatic rings. The first kappa shape index (κ1) is 17.7. The number of rotatable bonds is 4. The van der Waals surface area contributed by atoms with Gasteiger partial charge in [-0.3, -0.25) is 10.1 Å². The van der Waals surface area contributed by atoms with E-state index in [1.165, 1.54) is 6.08 Å². The fourth-order valence-corrected chi connectivity index (χ4v) is 2.37. The largest absolute Gasteiger partial charge is 0.496 e. The first-order chi connectivity index (χ1) is 11.5. The first-order valence-electron chi connectivity index (χ1n) is 7.50. The lowest BCUT2D eigenvalue weighted by atomic mass is 10.1. The van der Waals surface area contributed by atoms with Crippen LogP contribution in [0.5, 0.6) is 5.75 Å². The van der Waals surface area contributed by atoms with Crippen molar-refractivity contribution in [3.63, 3.8) is 0 Å². The van der Waals surface area contributed by atoms with E-state index in [0.717, 1.165) is 22.4 Å². The van der Waals surface area contributed by atoms with E-state index in [9.17, 15) is 4.79 Å². The Labute approximate surface area is 147 Å². The van der Waals surface area contributed by atoms with E-state index in [0.29, 0.717) is 5.75 Å². The first-order valence-corrected chi connectivity index (χ1v) is 7.91. The zero-order valence-corrected chi connectivity index (χ0v) is 14.7. The molecule has 0 unspecified atom stereocenters. The summed E-state index contributed by atoms with van der Waals surface area (Å²) in [5, 5.41) is 5.94. The fraction of sp³-hybridized carbons (Fsp3) is 0.158. The summed E-state index contributed by atoms with van der Waals surface area (Å²) >= 11 is 5.19. The van der Waals surface area contributed by atoms with Crippen LogP contribution in [0, 0.1) is 13.8 Å². The molecule has 2 aromatic carbocycles. The molecule has 0 atom stereocenters. The number of benzene rings is 2. The summed E-state index contributed by atoms with van der Waals surface area (Å²) in [4.78, 5) is 12.0. The van der Waals surface area contributed by atoms with Gasteiger partial charge in [0.15, 0.2) is 5.11 Å². The average Bonchev–Trinajstić information content (AvgIpc) is 2.57. The Morgan fingerprint density at radius 1 is 1.12 bits per heavy atom. The van der Waals surface area contributed by atoms with Crippen molar-refractivity contribution in [3.8, 4) is 5.75 Å². The molecule has 0 spiro atoms. The van der Waals surface area contributed by atoms with Crippen molar-refractivity contribution < 1.29 is 9.53 Å². The van der Waals surface area contributed by atoms with Crippen molar-refractivity contribution in [1.29, 1.82) is 0 Å². The maximum atomic E-state index is 12.0. The number of methoxy groups -OCH3 is 1. The number of carbonyl (C=O) groups is 1. The standard InChI is InChI=1S/C19H20N2O2S/c1-13-7-6-9-16(14(13)2)20-19(24)21-18(22)12-11-15-8-4-5-10-17(15)23-3/h4-12H,1-3H3,(H2,20,21,22,24)/b12-11+. The molecule has 0 heterocycles. The van der Waals surface area contributed by atoms with Crippen molar-refractivity contribution in [3.05, 3.63) is 65.2 Å². The summed E-state index contributed by atoms with van der Waals surface area (Å²) in [7, 11) is 1.59. The van der Waals surface area contributed by atoms with E-state index < -0.39 is 0 Å². The molecule has 2 rings (SSSR count). The number of anilines is 1. The molecule has 1 amide bonds. The number of aryl methyl sites for hydroxylation is 1. The van der Waals surface area contributed by atoms with Crippen molar-refractivity contribution in [2.24, 2.45) is 0 Å². The number of ether oxygens (including phenoxy) is 1. The Kier molecular flexibility index (Phi) is 6.09. The number of hydrogen-bond acceptors (Lipinski definition) is 3. The Bertz CT molecular complexity index is 785. The van der Waals surface area contributed by atoms with E-state index in [-0.39, 0.29) is 11.0 Å². The molecular weight excluding hydrogens is 320 g/mol. The van der Waals surface area contributed by atoms with Crippen molar-refractivity contribution in [2.45, 2.75) is 13.8 Å². The van der Waals surface area contributed by atoms with Crippen LogP contribution in [0.3, 0.4) is 0 Å². The van der Waals surface area contributed by atoms with Crippen LogP contribution in [-0.4, -0.2) is 18.1 Å². The molecule has 0 radical (unpaired) electrons. The number of carbonyl (C=O) groups excluding carboxylic acids is 1. The van der Waals surface area contributed by atoms with Crippen LogP contribution in [0.4, 0.5) is 5.69 Å². The summed E-state index contributed by atoms with van der Waals surface area (Å²) in [6.45, 7) is 4.03. The van der Waals surface area contributed by atoms with Crippen LogP contribution in [0.15, 0.2) is 48.5 Å². The number of nitrogens with one attached hydrogen (secondary N) is 2. The topological polar surface area (TPSA) is 50.4 Å². The Hall–Kier alpha value is -2.66. The minimum absolute atomic E-state index is 0.262. The highest BCUT2D eigenvalue weighted by atomic mass is 32.1. The molecule has 124 valence electrons. The number of hydrogen-bond donors (Lipinski definition) is 2. The van der Waals surface area contributed by atoms with Gasteiger partial charge in [-0.05, 0) is 55.4 Å². The lowest BCUT2D eigenvalue weighted by molar-refractivity contribution is -0.115. The van der Waals surface area contributed by atoms with Gasteiger partial charge in [0.05, 0.1) is 7.11 Å². The highest BCUT2D eigenvalue weighted by molar-refractivity contribution is 7.80. The molecular formula is C19H20N2O2S. The van der Waals surface area contributed by atoms with E-state index in [1.807, 2.05) is 56.3 Å². The lowest BCUT2D eigenvalue weighted by Crippen LogP contribution is -2.33. The van der Waals surface area contributed by atoms with Crippen molar-refractivity contribution >= 4 is 35.0 Å². The quantitative estimate of drug-likeness (QED) is 0.656. The van der Waals surface area contributed by atoms with Gasteiger partial charge < -0.3 is 10.1 Å². The molecule has 5 heteroatoms. The fourth-order valence-electron chi connectivity index (χ4n) is 2.16. The lowest BCUT2D eigenvalue weighted by Gasteiger charge is -2.12. The molecule has 0 aliphatic carbocycles. The van der Waals surface area contributed by atoms with Gasteiger partial charge in [-0.1, -0.05) is 30.3 Å².